The molecule has 5 rings (SSSR count). The molecule has 0 saturated carbocycles. The maximum absolute atomic E-state index is 13.2. The third-order valence-corrected chi connectivity index (χ3v) is 7.37. The summed E-state index contributed by atoms with van der Waals surface area (Å²) in [5, 5.41) is 12.3. The Morgan fingerprint density at radius 3 is 2.71 bits per heavy atom. The first-order chi connectivity index (χ1) is 17.0. The number of pyridine rings is 1. The molecule has 2 heterocycles. The van der Waals surface area contributed by atoms with Gasteiger partial charge in [0.25, 0.3) is 0 Å². The van der Waals surface area contributed by atoms with Gasteiger partial charge in [0.2, 0.25) is 5.91 Å². The van der Waals surface area contributed by atoms with Crippen LogP contribution in [0.4, 0.5) is 11.4 Å². The number of nitrogens with one attached hydrogen (secondary N) is 3. The lowest BCUT2D eigenvalue weighted by Gasteiger charge is -2.13. The van der Waals surface area contributed by atoms with Gasteiger partial charge >= 0.3 is 0 Å². The number of hydrogen-bond donors (Lipinski definition) is 3. The Morgan fingerprint density at radius 1 is 0.971 bits per heavy atom. The Balaban J connectivity index is 1.23. The number of nitrogens with zero attached hydrogens (tertiary/aromatic N) is 1. The molecule has 0 unspecified atom stereocenters. The molecule has 0 radical (unpaired) electrons. The van der Waals surface area contributed by atoms with Crippen molar-refractivity contribution in [3.63, 3.8) is 0 Å². The fourth-order valence-electron chi connectivity index (χ4n) is 4.09. The van der Waals surface area contributed by atoms with Crippen LogP contribution in [0.2, 0.25) is 5.02 Å². The van der Waals surface area contributed by atoms with Gasteiger partial charge in [-0.05, 0) is 55.0 Å². The SMILES string of the molecule is Cc1ccc(NCC(=O)NCCNc2ccnc3cc(Cl)ccc23)c2c(=O)c3ccccc3sc12. The first-order valence-electron chi connectivity index (χ1n) is 11.2. The molecule has 0 spiro atoms. The summed E-state index contributed by atoms with van der Waals surface area (Å²) in [6.07, 6.45) is 1.73. The van der Waals surface area contributed by atoms with Crippen LogP contribution < -0.4 is 21.4 Å². The normalized spacial score (nSPS) is 11.1. The highest BCUT2D eigenvalue weighted by Gasteiger charge is 2.13. The van der Waals surface area contributed by atoms with E-state index < -0.39 is 0 Å². The lowest BCUT2D eigenvalue weighted by atomic mass is 10.1. The van der Waals surface area contributed by atoms with E-state index >= 15 is 0 Å². The zero-order chi connectivity index (χ0) is 24.4. The van der Waals surface area contributed by atoms with Gasteiger partial charge in [-0.15, -0.1) is 11.3 Å². The molecule has 8 heteroatoms. The average molecular weight is 503 g/mol. The van der Waals surface area contributed by atoms with Crippen molar-refractivity contribution in [2.75, 3.05) is 30.3 Å². The fourth-order valence-corrected chi connectivity index (χ4v) is 5.43. The van der Waals surface area contributed by atoms with Crippen molar-refractivity contribution in [3.05, 3.63) is 87.7 Å². The first kappa shape index (κ1) is 23.1. The van der Waals surface area contributed by atoms with Gasteiger partial charge in [-0.25, -0.2) is 0 Å². The van der Waals surface area contributed by atoms with E-state index in [1.54, 1.807) is 17.5 Å². The lowest BCUT2D eigenvalue weighted by Crippen LogP contribution is -2.33. The molecule has 0 bridgehead atoms. The van der Waals surface area contributed by atoms with Gasteiger partial charge < -0.3 is 16.0 Å². The second-order valence-electron chi connectivity index (χ2n) is 8.21. The molecule has 2 aromatic heterocycles. The van der Waals surface area contributed by atoms with Crippen LogP contribution in [-0.2, 0) is 4.79 Å². The Morgan fingerprint density at radius 2 is 1.83 bits per heavy atom. The number of benzene rings is 3. The zero-order valence-corrected chi connectivity index (χ0v) is 20.6. The summed E-state index contributed by atoms with van der Waals surface area (Å²) in [4.78, 5) is 30.0. The maximum atomic E-state index is 13.2. The molecule has 1 amide bonds. The van der Waals surface area contributed by atoms with E-state index in [9.17, 15) is 9.59 Å². The molecule has 5 aromatic rings. The number of hydrogen-bond acceptors (Lipinski definition) is 6. The van der Waals surface area contributed by atoms with Gasteiger partial charge in [0.1, 0.15) is 0 Å². The van der Waals surface area contributed by atoms with E-state index in [-0.39, 0.29) is 17.9 Å². The van der Waals surface area contributed by atoms with E-state index in [1.807, 2.05) is 67.6 Å². The van der Waals surface area contributed by atoms with Gasteiger partial charge in [0.05, 0.1) is 17.4 Å². The van der Waals surface area contributed by atoms with Crippen LogP contribution >= 0.6 is 22.9 Å². The van der Waals surface area contributed by atoms with Crippen LogP contribution in [-0.4, -0.2) is 30.5 Å². The molecular formula is C27H23ClN4O2S. The maximum Gasteiger partial charge on any atom is 0.239 e. The fraction of sp³-hybridized carbons (Fsp3) is 0.148. The summed E-state index contributed by atoms with van der Waals surface area (Å²) in [5.41, 5.74) is 3.44. The van der Waals surface area contributed by atoms with E-state index in [1.165, 1.54) is 0 Å². The van der Waals surface area contributed by atoms with E-state index in [0.717, 1.165) is 31.6 Å². The molecule has 0 fully saturated rings. The van der Waals surface area contributed by atoms with Crippen LogP contribution in [0.15, 0.2) is 71.7 Å². The molecular weight excluding hydrogens is 480 g/mol. The highest BCUT2D eigenvalue weighted by atomic mass is 35.5. The number of halogens is 1. The summed E-state index contributed by atoms with van der Waals surface area (Å²) in [6.45, 7) is 3.08. The van der Waals surface area contributed by atoms with Gasteiger partial charge in [-0.3, -0.25) is 14.6 Å². The number of aromatic nitrogens is 1. The smallest absolute Gasteiger partial charge is 0.239 e. The highest BCUT2D eigenvalue weighted by molar-refractivity contribution is 7.24. The lowest BCUT2D eigenvalue weighted by molar-refractivity contribution is -0.119. The summed E-state index contributed by atoms with van der Waals surface area (Å²) in [6, 6.07) is 18.9. The Labute approximate surface area is 211 Å². The minimum Gasteiger partial charge on any atom is -0.383 e. The molecule has 0 aliphatic heterocycles. The summed E-state index contributed by atoms with van der Waals surface area (Å²) in [5.74, 6) is -0.149. The van der Waals surface area contributed by atoms with Gasteiger partial charge in [-0.1, -0.05) is 29.8 Å². The average Bonchev–Trinajstić information content (AvgIpc) is 2.86. The van der Waals surface area contributed by atoms with Crippen LogP contribution in [0.25, 0.3) is 31.1 Å². The second kappa shape index (κ2) is 9.90. The van der Waals surface area contributed by atoms with Crippen molar-refractivity contribution in [3.8, 4) is 0 Å². The zero-order valence-electron chi connectivity index (χ0n) is 19.0. The number of aryl methyl sites for hydroxylation is 1. The molecule has 3 aromatic carbocycles. The van der Waals surface area contributed by atoms with Gasteiger partial charge in [0, 0.05) is 55.9 Å². The summed E-state index contributed by atoms with van der Waals surface area (Å²) >= 11 is 7.65. The van der Waals surface area contributed by atoms with Gasteiger partial charge in [-0.2, -0.15) is 0 Å². The van der Waals surface area contributed by atoms with Gasteiger partial charge in [0.15, 0.2) is 5.43 Å². The number of fused-ring (bicyclic) bond motifs is 3. The molecule has 0 atom stereocenters. The van der Waals surface area contributed by atoms with Crippen molar-refractivity contribution in [1.82, 2.24) is 10.3 Å². The molecule has 6 nitrogen and oxygen atoms in total. The molecule has 0 aliphatic carbocycles. The van der Waals surface area contributed by atoms with Crippen LogP contribution in [0.3, 0.4) is 0 Å². The van der Waals surface area contributed by atoms with Crippen molar-refractivity contribution in [2.45, 2.75) is 6.92 Å². The highest BCUT2D eigenvalue weighted by Crippen LogP contribution is 2.31. The minimum absolute atomic E-state index is 0.0176. The minimum atomic E-state index is -0.149. The number of rotatable bonds is 7. The first-order valence-corrected chi connectivity index (χ1v) is 12.4. The Kier molecular flexibility index (Phi) is 6.53. The number of carbonyl (C=O) groups is 1. The largest absolute Gasteiger partial charge is 0.383 e. The van der Waals surface area contributed by atoms with Crippen molar-refractivity contribution in [2.24, 2.45) is 0 Å². The van der Waals surface area contributed by atoms with Crippen LogP contribution in [0, 0.1) is 6.92 Å². The Hall–Kier alpha value is -3.68. The predicted octanol–water partition coefficient (Wildman–Crippen LogP) is 5.56. The van der Waals surface area contributed by atoms with E-state index in [4.69, 9.17) is 11.6 Å². The third-order valence-electron chi connectivity index (χ3n) is 5.83. The number of amides is 1. The molecule has 176 valence electrons. The summed E-state index contributed by atoms with van der Waals surface area (Å²) in [7, 11) is 0. The summed E-state index contributed by atoms with van der Waals surface area (Å²) < 4.78 is 1.90. The third kappa shape index (κ3) is 4.78. The van der Waals surface area contributed by atoms with Crippen LogP contribution in [0.5, 0.6) is 0 Å². The predicted molar refractivity (Wildman–Crippen MR) is 147 cm³/mol. The van der Waals surface area contributed by atoms with Crippen molar-refractivity contribution >= 4 is 71.3 Å². The number of anilines is 2. The molecule has 0 saturated heterocycles. The molecule has 35 heavy (non-hydrogen) atoms. The number of carbonyl (C=O) groups excluding carboxylic acids is 1. The van der Waals surface area contributed by atoms with Crippen molar-refractivity contribution in [1.29, 1.82) is 0 Å². The quantitative estimate of drug-likeness (QED) is 0.200. The second-order valence-corrected chi connectivity index (χ2v) is 9.70. The van der Waals surface area contributed by atoms with Crippen molar-refractivity contribution < 1.29 is 4.79 Å². The molecule has 0 aliphatic rings. The monoisotopic (exact) mass is 502 g/mol. The van der Waals surface area contributed by atoms with E-state index in [0.29, 0.717) is 34.6 Å². The van der Waals surface area contributed by atoms with Crippen LogP contribution in [0.1, 0.15) is 5.56 Å². The Bertz CT molecular complexity index is 1630. The standard InChI is InChI=1S/C27H23ClN4O2S/c1-16-6-9-21(25-26(34)19-4-2-3-5-23(19)35-27(16)25)32-15-24(33)31-13-12-30-20-10-11-29-22-14-17(28)7-8-18(20)22/h2-11,14,32H,12-13,15H2,1H3,(H,29,30)(H,31,33). The molecule has 3 N–H and O–H groups in total. The topological polar surface area (TPSA) is 83.1 Å². The van der Waals surface area contributed by atoms with E-state index in [2.05, 4.69) is 20.9 Å².